The number of nitrogens with zero attached hydrogens (tertiary/aromatic N) is 4. The molecule has 4 aromatic rings. The molecule has 5 rings (SSSR count). The average Bonchev–Trinajstić information content (AvgIpc) is 3.41. The second kappa shape index (κ2) is 8.78. The summed E-state index contributed by atoms with van der Waals surface area (Å²) in [6.07, 6.45) is 1.67. The number of nitrogens with two attached hydrogens (primary N) is 1. The van der Waals surface area contributed by atoms with Crippen LogP contribution in [0.15, 0.2) is 60.9 Å². The van der Waals surface area contributed by atoms with Gasteiger partial charge in [-0.25, -0.2) is 14.6 Å². The average molecular weight is 452 g/mol. The van der Waals surface area contributed by atoms with Gasteiger partial charge in [-0.3, -0.25) is 0 Å². The summed E-state index contributed by atoms with van der Waals surface area (Å²) < 4.78 is 13.5. The maximum Gasteiger partial charge on any atom is 0.164 e. The molecule has 1 fully saturated rings. The van der Waals surface area contributed by atoms with Crippen LogP contribution in [-0.4, -0.2) is 44.0 Å². The Hall–Kier alpha value is -2.75. The lowest BCUT2D eigenvalue weighted by Crippen LogP contribution is -2.27. The molecule has 1 saturated heterocycles. The number of hydrogen-bond acceptors (Lipinski definition) is 8. The number of fused-ring (bicyclic) bond motifs is 1. The normalized spacial score (nSPS) is 18.5. The molecular formula is C22H21N5O2S2. The van der Waals surface area contributed by atoms with Gasteiger partial charge < -0.3 is 15.2 Å². The van der Waals surface area contributed by atoms with Gasteiger partial charge in [-0.05, 0) is 36.4 Å². The first-order valence-corrected chi connectivity index (χ1v) is 12.2. The second-order valence-corrected chi connectivity index (χ2v) is 9.77. The summed E-state index contributed by atoms with van der Waals surface area (Å²) in [7, 11) is 5.42. The Morgan fingerprint density at radius 1 is 1.06 bits per heavy atom. The quantitative estimate of drug-likeness (QED) is 0.424. The number of methoxy groups -OCH3 is 1. The first-order valence-electron chi connectivity index (χ1n) is 9.84. The SMILES string of the molecule is CO[C@@H]1CSS[C@H]1Cn1nc(-c2ccc(Oc3ccccc3)cc2)c2c(N)ncnc21. The van der Waals surface area contributed by atoms with Crippen LogP contribution in [0.5, 0.6) is 11.5 Å². The molecule has 0 saturated carbocycles. The van der Waals surface area contributed by atoms with Crippen LogP contribution >= 0.6 is 21.6 Å². The van der Waals surface area contributed by atoms with Crippen LogP contribution in [0.25, 0.3) is 22.3 Å². The number of ether oxygens (including phenoxy) is 2. The summed E-state index contributed by atoms with van der Waals surface area (Å²) >= 11 is 0. The van der Waals surface area contributed by atoms with Gasteiger partial charge in [0.25, 0.3) is 0 Å². The van der Waals surface area contributed by atoms with Gasteiger partial charge in [-0.2, -0.15) is 5.10 Å². The fourth-order valence-corrected chi connectivity index (χ4v) is 6.69. The van der Waals surface area contributed by atoms with Crippen molar-refractivity contribution in [1.29, 1.82) is 0 Å². The third kappa shape index (κ3) is 4.08. The smallest absolute Gasteiger partial charge is 0.164 e. The van der Waals surface area contributed by atoms with E-state index in [2.05, 4.69) is 9.97 Å². The van der Waals surface area contributed by atoms with E-state index in [0.29, 0.717) is 17.6 Å². The van der Waals surface area contributed by atoms with Crippen LogP contribution in [0, 0.1) is 0 Å². The Morgan fingerprint density at radius 2 is 1.84 bits per heavy atom. The van der Waals surface area contributed by atoms with E-state index >= 15 is 0 Å². The van der Waals surface area contributed by atoms with E-state index in [-0.39, 0.29) is 6.10 Å². The van der Waals surface area contributed by atoms with Crippen molar-refractivity contribution in [1.82, 2.24) is 19.7 Å². The van der Waals surface area contributed by atoms with Crippen LogP contribution < -0.4 is 10.5 Å². The molecule has 31 heavy (non-hydrogen) atoms. The molecule has 2 aromatic heterocycles. The molecule has 0 radical (unpaired) electrons. The minimum Gasteiger partial charge on any atom is -0.457 e. The van der Waals surface area contributed by atoms with Gasteiger partial charge in [0.05, 0.1) is 23.3 Å². The lowest BCUT2D eigenvalue weighted by molar-refractivity contribution is 0.117. The summed E-state index contributed by atoms with van der Waals surface area (Å²) in [5.41, 5.74) is 8.67. The van der Waals surface area contributed by atoms with Crippen LogP contribution in [0.4, 0.5) is 5.82 Å². The fraction of sp³-hybridized carbons (Fsp3) is 0.227. The summed E-state index contributed by atoms with van der Waals surface area (Å²) in [6.45, 7) is 0.693. The molecule has 158 valence electrons. The number of benzene rings is 2. The molecule has 1 aliphatic heterocycles. The van der Waals surface area contributed by atoms with Gasteiger partial charge >= 0.3 is 0 Å². The van der Waals surface area contributed by atoms with Crippen molar-refractivity contribution in [3.05, 3.63) is 60.9 Å². The van der Waals surface area contributed by atoms with Gasteiger partial charge in [0.15, 0.2) is 5.65 Å². The van der Waals surface area contributed by atoms with Gasteiger partial charge in [0.1, 0.15) is 29.3 Å². The minimum absolute atomic E-state index is 0.186. The number of para-hydroxylation sites is 1. The molecule has 3 heterocycles. The van der Waals surface area contributed by atoms with Crippen molar-refractivity contribution >= 4 is 38.4 Å². The predicted molar refractivity (Wildman–Crippen MR) is 126 cm³/mol. The van der Waals surface area contributed by atoms with E-state index in [0.717, 1.165) is 39.5 Å². The molecule has 0 unspecified atom stereocenters. The molecule has 0 spiro atoms. The van der Waals surface area contributed by atoms with Crippen LogP contribution in [-0.2, 0) is 11.3 Å². The third-order valence-corrected chi connectivity index (χ3v) is 8.02. The molecule has 0 amide bonds. The molecule has 2 N–H and O–H groups in total. The van der Waals surface area contributed by atoms with Crippen molar-refractivity contribution in [2.75, 3.05) is 18.6 Å². The number of nitrogen functional groups attached to an aromatic ring is 1. The summed E-state index contributed by atoms with van der Waals surface area (Å²) in [6, 6.07) is 17.5. The molecule has 0 bridgehead atoms. The maximum atomic E-state index is 6.24. The summed E-state index contributed by atoms with van der Waals surface area (Å²) in [5, 5.41) is 5.94. The number of anilines is 1. The van der Waals surface area contributed by atoms with Crippen LogP contribution in [0.1, 0.15) is 0 Å². The van der Waals surface area contributed by atoms with Crippen molar-refractivity contribution in [3.8, 4) is 22.8 Å². The highest BCUT2D eigenvalue weighted by Crippen LogP contribution is 2.41. The minimum atomic E-state index is 0.186. The molecule has 9 heteroatoms. The highest BCUT2D eigenvalue weighted by Gasteiger charge is 2.30. The molecule has 7 nitrogen and oxygen atoms in total. The third-order valence-electron chi connectivity index (χ3n) is 5.16. The Balaban J connectivity index is 1.48. The Bertz CT molecular complexity index is 1180. The first-order chi connectivity index (χ1) is 15.2. The lowest BCUT2D eigenvalue weighted by atomic mass is 10.1. The Kier molecular flexibility index (Phi) is 5.71. The molecular weight excluding hydrogens is 430 g/mol. The number of hydrogen-bond donors (Lipinski definition) is 1. The largest absolute Gasteiger partial charge is 0.457 e. The molecule has 1 aliphatic rings. The first kappa shape index (κ1) is 20.2. The van der Waals surface area contributed by atoms with Crippen LogP contribution in [0.2, 0.25) is 0 Å². The highest BCUT2D eigenvalue weighted by molar-refractivity contribution is 8.77. The predicted octanol–water partition coefficient (Wildman–Crippen LogP) is 4.65. The van der Waals surface area contributed by atoms with E-state index in [1.807, 2.05) is 80.9 Å². The van der Waals surface area contributed by atoms with Crippen LogP contribution in [0.3, 0.4) is 0 Å². The second-order valence-electron chi connectivity index (χ2n) is 7.12. The van der Waals surface area contributed by atoms with E-state index in [1.165, 1.54) is 6.33 Å². The zero-order chi connectivity index (χ0) is 21.2. The Morgan fingerprint density at radius 3 is 2.61 bits per heavy atom. The molecule has 2 atom stereocenters. The number of aromatic nitrogens is 4. The fourth-order valence-electron chi connectivity index (χ4n) is 3.57. The van der Waals surface area contributed by atoms with Crippen molar-refractivity contribution in [3.63, 3.8) is 0 Å². The zero-order valence-corrected chi connectivity index (χ0v) is 18.5. The number of rotatable bonds is 6. The van der Waals surface area contributed by atoms with Gasteiger partial charge in [0, 0.05) is 18.4 Å². The van der Waals surface area contributed by atoms with E-state index < -0.39 is 0 Å². The Labute approximate surface area is 187 Å². The zero-order valence-electron chi connectivity index (χ0n) is 16.8. The van der Waals surface area contributed by atoms with E-state index in [9.17, 15) is 0 Å². The van der Waals surface area contributed by atoms with Gasteiger partial charge in [-0.1, -0.05) is 39.8 Å². The van der Waals surface area contributed by atoms with E-state index in [4.69, 9.17) is 20.3 Å². The molecule has 0 aliphatic carbocycles. The van der Waals surface area contributed by atoms with Crippen molar-refractivity contribution in [2.24, 2.45) is 0 Å². The van der Waals surface area contributed by atoms with E-state index in [1.54, 1.807) is 7.11 Å². The highest BCUT2D eigenvalue weighted by atomic mass is 33.1. The summed E-state index contributed by atoms with van der Waals surface area (Å²) in [5.74, 6) is 2.94. The lowest BCUT2D eigenvalue weighted by Gasteiger charge is -2.16. The van der Waals surface area contributed by atoms with Gasteiger partial charge in [0.2, 0.25) is 0 Å². The topological polar surface area (TPSA) is 88.1 Å². The van der Waals surface area contributed by atoms with Crippen molar-refractivity contribution < 1.29 is 9.47 Å². The summed E-state index contributed by atoms with van der Waals surface area (Å²) in [4.78, 5) is 8.68. The maximum absolute atomic E-state index is 6.24. The van der Waals surface area contributed by atoms with Crippen molar-refractivity contribution in [2.45, 2.75) is 17.9 Å². The monoisotopic (exact) mass is 451 g/mol. The molecule has 2 aromatic carbocycles. The standard InChI is InChI=1S/C22H21N5O2S2/c1-28-17-12-30-31-18(17)11-27-22-19(21(23)24-13-25-22)20(26-27)14-7-9-16(10-8-14)29-15-5-3-2-4-6-15/h2-10,13,17-18H,11-12H2,1H3,(H2,23,24,25)/t17-,18+/m1/s1. The van der Waals surface area contributed by atoms with Gasteiger partial charge in [-0.15, -0.1) is 0 Å².